The molecule has 140 valence electrons. The Bertz CT molecular complexity index is 1050. The second-order valence-corrected chi connectivity index (χ2v) is 6.39. The predicted octanol–water partition coefficient (Wildman–Crippen LogP) is 1.99. The zero-order valence-electron chi connectivity index (χ0n) is 14.1. The number of phenols is 5. The van der Waals surface area contributed by atoms with E-state index in [9.17, 15) is 35.1 Å². The molecular formula is C18H14O9. The summed E-state index contributed by atoms with van der Waals surface area (Å²) in [6.45, 7) is 2.75. The number of benzene rings is 2. The molecule has 4 rings (SSSR count). The van der Waals surface area contributed by atoms with Gasteiger partial charge in [0.25, 0.3) is 0 Å². The van der Waals surface area contributed by atoms with Gasteiger partial charge in [0.15, 0.2) is 41.2 Å². The molecule has 2 atom stereocenters. The van der Waals surface area contributed by atoms with Gasteiger partial charge in [0, 0.05) is 27.8 Å². The summed E-state index contributed by atoms with van der Waals surface area (Å²) in [6.07, 6.45) is -2.39. The van der Waals surface area contributed by atoms with Crippen LogP contribution in [0.3, 0.4) is 0 Å². The second-order valence-electron chi connectivity index (χ2n) is 6.39. The van der Waals surface area contributed by atoms with E-state index in [1.54, 1.807) is 0 Å². The normalized spacial score (nSPS) is 19.9. The van der Waals surface area contributed by atoms with Crippen molar-refractivity contribution in [3.05, 3.63) is 33.4 Å². The molecule has 2 heterocycles. The van der Waals surface area contributed by atoms with E-state index >= 15 is 0 Å². The third-order valence-electron chi connectivity index (χ3n) is 5.02. The Labute approximate surface area is 151 Å². The number of rotatable bonds is 1. The fourth-order valence-electron chi connectivity index (χ4n) is 3.58. The quantitative estimate of drug-likeness (QED) is 0.372. The van der Waals surface area contributed by atoms with Crippen molar-refractivity contribution < 1.29 is 44.6 Å². The van der Waals surface area contributed by atoms with Crippen LogP contribution in [0, 0.1) is 13.8 Å². The maximum Gasteiger partial charge on any atom is 0.232 e. The Morgan fingerprint density at radius 1 is 0.852 bits per heavy atom. The number of Topliss-reactive ketones (excluding diaryl/α,β-unsaturated/α-hetero) is 1. The minimum Gasteiger partial charge on any atom is -0.504 e. The third kappa shape index (κ3) is 1.91. The molecule has 27 heavy (non-hydrogen) atoms. The molecule has 2 aromatic carbocycles. The lowest BCUT2D eigenvalue weighted by Crippen LogP contribution is -2.35. The van der Waals surface area contributed by atoms with Gasteiger partial charge >= 0.3 is 0 Å². The third-order valence-corrected chi connectivity index (χ3v) is 5.02. The molecule has 0 radical (unpaired) electrons. The molecule has 2 aliphatic rings. The van der Waals surface area contributed by atoms with Crippen molar-refractivity contribution >= 4 is 12.1 Å². The summed E-state index contributed by atoms with van der Waals surface area (Å²) >= 11 is 0. The van der Waals surface area contributed by atoms with Crippen molar-refractivity contribution in [3.63, 3.8) is 0 Å². The SMILES string of the molecule is Cc1c(O)c(O)c2c(c1C=O)[C@@H]1O[C@H](O2)c2c(O)c(O)c(O)c(C)c2C1=O. The fourth-order valence-corrected chi connectivity index (χ4v) is 3.58. The summed E-state index contributed by atoms with van der Waals surface area (Å²) in [4.78, 5) is 24.6. The maximum atomic E-state index is 13.1. The first-order valence-electron chi connectivity index (χ1n) is 7.87. The lowest BCUT2D eigenvalue weighted by Gasteiger charge is -2.39. The van der Waals surface area contributed by atoms with E-state index in [1.807, 2.05) is 0 Å². The number of carbonyl (C=O) groups excluding carboxylic acids is 2. The van der Waals surface area contributed by atoms with Gasteiger partial charge in [-0.1, -0.05) is 0 Å². The van der Waals surface area contributed by atoms with Gasteiger partial charge in [-0.25, -0.2) is 0 Å². The van der Waals surface area contributed by atoms with Crippen LogP contribution in [0.4, 0.5) is 0 Å². The number of phenolic OH excluding ortho intramolecular Hbond substituents is 5. The van der Waals surface area contributed by atoms with Crippen LogP contribution in [-0.4, -0.2) is 37.6 Å². The van der Waals surface area contributed by atoms with Gasteiger partial charge in [0.05, 0.1) is 5.56 Å². The highest BCUT2D eigenvalue weighted by atomic mass is 16.7. The van der Waals surface area contributed by atoms with E-state index in [0.29, 0.717) is 6.29 Å². The van der Waals surface area contributed by atoms with Gasteiger partial charge in [-0.15, -0.1) is 0 Å². The number of aromatic hydroxyl groups is 5. The molecule has 0 fully saturated rings. The molecule has 9 nitrogen and oxygen atoms in total. The van der Waals surface area contributed by atoms with Crippen LogP contribution in [0.2, 0.25) is 0 Å². The highest BCUT2D eigenvalue weighted by Gasteiger charge is 2.48. The number of ketones is 1. The van der Waals surface area contributed by atoms with Crippen molar-refractivity contribution in [2.24, 2.45) is 0 Å². The van der Waals surface area contributed by atoms with E-state index in [-0.39, 0.29) is 39.1 Å². The standard InChI is InChI=1S/C18H14O9/c1-4-6(3-19)8-16-13(23)7-5(2)11(21)14(24)12(22)9(7)18(26-16)27-17(8)15(25)10(4)20/h3,16,18,20-22,24-25H,1-2H3/t16-,18+/m0/s1. The highest BCUT2D eigenvalue weighted by Crippen LogP contribution is 2.58. The van der Waals surface area contributed by atoms with Gasteiger partial charge in [-0.2, -0.15) is 0 Å². The minimum absolute atomic E-state index is 0.00280. The van der Waals surface area contributed by atoms with E-state index in [1.165, 1.54) is 13.8 Å². The number of fused-ring (bicyclic) bond motifs is 6. The number of hydrogen-bond acceptors (Lipinski definition) is 9. The van der Waals surface area contributed by atoms with Crippen molar-refractivity contribution in [3.8, 4) is 34.5 Å². The van der Waals surface area contributed by atoms with Gasteiger partial charge in [0.2, 0.25) is 17.8 Å². The zero-order chi connectivity index (χ0) is 19.8. The summed E-state index contributed by atoms with van der Waals surface area (Å²) < 4.78 is 11.1. The van der Waals surface area contributed by atoms with Crippen LogP contribution >= 0.6 is 0 Å². The molecule has 0 saturated carbocycles. The van der Waals surface area contributed by atoms with Crippen LogP contribution in [0.1, 0.15) is 55.4 Å². The number of aldehydes is 1. The molecule has 2 aliphatic heterocycles. The first kappa shape index (κ1) is 17.0. The largest absolute Gasteiger partial charge is 0.504 e. The van der Waals surface area contributed by atoms with E-state index in [0.717, 1.165) is 0 Å². The average molecular weight is 374 g/mol. The molecule has 0 saturated heterocycles. The molecule has 5 N–H and O–H groups in total. The van der Waals surface area contributed by atoms with Gasteiger partial charge in [-0.05, 0) is 13.8 Å². The molecule has 0 aromatic heterocycles. The van der Waals surface area contributed by atoms with Crippen molar-refractivity contribution in [2.45, 2.75) is 26.2 Å². The monoisotopic (exact) mass is 374 g/mol. The van der Waals surface area contributed by atoms with Gasteiger partial charge in [0.1, 0.15) is 0 Å². The predicted molar refractivity (Wildman–Crippen MR) is 87.6 cm³/mol. The highest BCUT2D eigenvalue weighted by molar-refractivity contribution is 6.07. The van der Waals surface area contributed by atoms with Crippen molar-refractivity contribution in [1.82, 2.24) is 0 Å². The first-order chi connectivity index (χ1) is 12.7. The van der Waals surface area contributed by atoms with E-state index in [2.05, 4.69) is 0 Å². The smallest absolute Gasteiger partial charge is 0.232 e. The minimum atomic E-state index is -1.42. The van der Waals surface area contributed by atoms with E-state index in [4.69, 9.17) is 9.47 Å². The fraction of sp³-hybridized carbons (Fsp3) is 0.222. The number of carbonyl (C=O) groups is 2. The molecule has 9 heteroatoms. The Kier molecular flexibility index (Phi) is 3.32. The van der Waals surface area contributed by atoms with Crippen molar-refractivity contribution in [1.29, 1.82) is 0 Å². The number of ether oxygens (including phenoxy) is 2. The van der Waals surface area contributed by atoms with Crippen LogP contribution in [-0.2, 0) is 4.74 Å². The topological polar surface area (TPSA) is 154 Å². The number of hydrogen-bond donors (Lipinski definition) is 5. The molecule has 2 bridgehead atoms. The van der Waals surface area contributed by atoms with Crippen LogP contribution in [0.5, 0.6) is 34.5 Å². The zero-order valence-corrected chi connectivity index (χ0v) is 14.1. The lowest BCUT2D eigenvalue weighted by molar-refractivity contribution is -0.138. The first-order valence-corrected chi connectivity index (χ1v) is 7.87. The Morgan fingerprint density at radius 2 is 1.48 bits per heavy atom. The Hall–Kier alpha value is -3.46. The molecular weight excluding hydrogens is 360 g/mol. The van der Waals surface area contributed by atoms with Gasteiger partial charge in [-0.3, -0.25) is 9.59 Å². The van der Waals surface area contributed by atoms with Gasteiger partial charge < -0.3 is 35.0 Å². The van der Waals surface area contributed by atoms with Crippen molar-refractivity contribution in [2.75, 3.05) is 0 Å². The Balaban J connectivity index is 2.07. The molecule has 0 spiro atoms. The second kappa shape index (κ2) is 5.27. The van der Waals surface area contributed by atoms with E-state index < -0.39 is 46.9 Å². The summed E-state index contributed by atoms with van der Waals surface area (Å²) in [5.74, 6) is -4.62. The summed E-state index contributed by atoms with van der Waals surface area (Å²) in [5.41, 5.74) is -0.429. The summed E-state index contributed by atoms with van der Waals surface area (Å²) in [5, 5.41) is 50.3. The molecule has 0 unspecified atom stereocenters. The molecule has 0 amide bonds. The van der Waals surface area contributed by atoms with Crippen LogP contribution < -0.4 is 4.74 Å². The van der Waals surface area contributed by atoms with Crippen LogP contribution in [0.25, 0.3) is 0 Å². The lowest BCUT2D eigenvalue weighted by atomic mass is 9.84. The molecule has 2 aromatic rings. The Morgan fingerprint density at radius 3 is 2.11 bits per heavy atom. The summed E-state index contributed by atoms with van der Waals surface area (Å²) in [7, 11) is 0. The summed E-state index contributed by atoms with van der Waals surface area (Å²) in [6, 6.07) is 0. The average Bonchev–Trinajstić information content (AvgIpc) is 2.66. The maximum absolute atomic E-state index is 13.1. The molecule has 0 aliphatic carbocycles. The van der Waals surface area contributed by atoms with Crippen LogP contribution in [0.15, 0.2) is 0 Å².